The first-order valence-electron chi connectivity index (χ1n) is 9.19. The molecule has 1 unspecified atom stereocenters. The molecule has 3 rings (SSSR count). The molecule has 3 N–H and O–H groups in total. The van der Waals surface area contributed by atoms with Crippen LogP contribution in [0.3, 0.4) is 0 Å². The lowest BCUT2D eigenvalue weighted by Crippen LogP contribution is -2.49. The van der Waals surface area contributed by atoms with Gasteiger partial charge in [-0.1, -0.05) is 0 Å². The molecule has 0 radical (unpaired) electrons. The Labute approximate surface area is 171 Å². The molecule has 0 aromatic heterocycles. The third-order valence-electron chi connectivity index (χ3n) is 5.20. The summed E-state index contributed by atoms with van der Waals surface area (Å²) in [5.74, 6) is 0.160. The highest BCUT2D eigenvalue weighted by Gasteiger charge is 2.32. The molecule has 1 atom stereocenters. The average molecular weight is 431 g/mol. The summed E-state index contributed by atoms with van der Waals surface area (Å²) in [6.45, 7) is 3.18. The fourth-order valence-electron chi connectivity index (χ4n) is 3.29. The largest absolute Gasteiger partial charge is 0.348 e. The molecule has 0 spiro atoms. The zero-order valence-electron chi connectivity index (χ0n) is 15.8. The van der Waals surface area contributed by atoms with Gasteiger partial charge in [-0.3, -0.25) is 9.59 Å². The molecule has 28 heavy (non-hydrogen) atoms. The number of amides is 2. The standard InChI is InChI=1S/C18H26N4O4S.ClH/c1-13(23)21-8-10-22(11-9-21)27(25,26)16-6-4-15(5-7-16)18(24)20-17(12-19)14-2-3-14;/h4-7,14,17H,2-3,8-12,19H2,1H3,(H,20,24);1H. The fraction of sp³-hybridized carbons (Fsp3) is 0.556. The number of sulfonamides is 1. The Kier molecular flexibility index (Phi) is 7.44. The molecule has 1 aliphatic carbocycles. The van der Waals surface area contributed by atoms with Crippen LogP contribution in [0.1, 0.15) is 30.1 Å². The first kappa shape index (κ1) is 22.6. The number of piperazine rings is 1. The minimum absolute atomic E-state index is 0. The number of hydrogen-bond acceptors (Lipinski definition) is 5. The molecule has 1 aliphatic heterocycles. The molecule has 2 fully saturated rings. The van der Waals surface area contributed by atoms with Crippen LogP contribution in [0.25, 0.3) is 0 Å². The first-order valence-corrected chi connectivity index (χ1v) is 10.6. The monoisotopic (exact) mass is 430 g/mol. The van der Waals surface area contributed by atoms with Crippen LogP contribution in [0.4, 0.5) is 0 Å². The average Bonchev–Trinajstić information content (AvgIpc) is 3.51. The molecule has 8 nitrogen and oxygen atoms in total. The van der Waals surface area contributed by atoms with Crippen molar-refractivity contribution in [2.75, 3.05) is 32.7 Å². The maximum atomic E-state index is 12.8. The second kappa shape index (κ2) is 9.21. The Hall–Kier alpha value is -1.68. The summed E-state index contributed by atoms with van der Waals surface area (Å²) in [4.78, 5) is 25.5. The molecule has 0 bridgehead atoms. The second-order valence-corrected chi connectivity index (χ2v) is 9.03. The van der Waals surface area contributed by atoms with E-state index < -0.39 is 10.0 Å². The number of nitrogens with one attached hydrogen (secondary N) is 1. The van der Waals surface area contributed by atoms with Crippen LogP contribution in [0, 0.1) is 5.92 Å². The summed E-state index contributed by atoms with van der Waals surface area (Å²) in [5, 5.41) is 2.92. The van der Waals surface area contributed by atoms with E-state index in [2.05, 4.69) is 5.32 Å². The lowest BCUT2D eigenvalue weighted by Gasteiger charge is -2.33. The lowest BCUT2D eigenvalue weighted by atomic mass is 10.1. The van der Waals surface area contributed by atoms with E-state index in [1.54, 1.807) is 4.90 Å². The van der Waals surface area contributed by atoms with Crippen molar-refractivity contribution in [3.05, 3.63) is 29.8 Å². The Morgan fingerprint density at radius 2 is 1.71 bits per heavy atom. The predicted molar refractivity (Wildman–Crippen MR) is 108 cm³/mol. The normalized spacial score (nSPS) is 18.9. The van der Waals surface area contributed by atoms with Crippen LogP contribution < -0.4 is 11.1 Å². The van der Waals surface area contributed by atoms with Crippen molar-refractivity contribution >= 4 is 34.2 Å². The molecule has 1 saturated heterocycles. The van der Waals surface area contributed by atoms with Crippen LogP contribution in [0.15, 0.2) is 29.2 Å². The summed E-state index contributed by atoms with van der Waals surface area (Å²) in [6.07, 6.45) is 2.16. The molecule has 1 aromatic rings. The van der Waals surface area contributed by atoms with E-state index in [-0.39, 0.29) is 48.2 Å². The van der Waals surface area contributed by atoms with Crippen LogP contribution in [0.5, 0.6) is 0 Å². The van der Waals surface area contributed by atoms with Gasteiger partial charge in [-0.15, -0.1) is 12.4 Å². The Bertz CT molecular complexity index is 803. The van der Waals surface area contributed by atoms with E-state index in [1.807, 2.05) is 0 Å². The summed E-state index contributed by atoms with van der Waals surface area (Å²) in [5.41, 5.74) is 6.12. The molecule has 1 heterocycles. The summed E-state index contributed by atoms with van der Waals surface area (Å²) >= 11 is 0. The Morgan fingerprint density at radius 1 is 1.14 bits per heavy atom. The molecular formula is C18H27ClN4O4S. The van der Waals surface area contributed by atoms with Crippen molar-refractivity contribution in [3.63, 3.8) is 0 Å². The molecule has 156 valence electrons. The van der Waals surface area contributed by atoms with Crippen molar-refractivity contribution in [2.45, 2.75) is 30.7 Å². The number of carbonyl (C=O) groups is 2. The Balaban J connectivity index is 0.00000280. The van der Waals surface area contributed by atoms with Gasteiger partial charge >= 0.3 is 0 Å². The van der Waals surface area contributed by atoms with Gasteiger partial charge in [-0.25, -0.2) is 8.42 Å². The summed E-state index contributed by atoms with van der Waals surface area (Å²) < 4.78 is 26.9. The van der Waals surface area contributed by atoms with Crippen molar-refractivity contribution in [2.24, 2.45) is 11.7 Å². The lowest BCUT2D eigenvalue weighted by molar-refractivity contribution is -0.129. The van der Waals surface area contributed by atoms with Gasteiger partial charge in [0.2, 0.25) is 15.9 Å². The van der Waals surface area contributed by atoms with E-state index in [9.17, 15) is 18.0 Å². The maximum absolute atomic E-state index is 12.8. The number of benzene rings is 1. The van der Waals surface area contributed by atoms with E-state index in [0.29, 0.717) is 31.1 Å². The van der Waals surface area contributed by atoms with Crippen LogP contribution >= 0.6 is 12.4 Å². The van der Waals surface area contributed by atoms with Crippen LogP contribution in [0.2, 0.25) is 0 Å². The van der Waals surface area contributed by atoms with Gasteiger partial charge in [0.1, 0.15) is 0 Å². The minimum atomic E-state index is -3.64. The third kappa shape index (κ3) is 5.02. The van der Waals surface area contributed by atoms with Crippen molar-refractivity contribution in [1.82, 2.24) is 14.5 Å². The first-order chi connectivity index (χ1) is 12.8. The number of carbonyl (C=O) groups excluding carboxylic acids is 2. The van der Waals surface area contributed by atoms with Gasteiger partial charge in [0.15, 0.2) is 0 Å². The van der Waals surface area contributed by atoms with Crippen LogP contribution in [-0.4, -0.2) is 68.2 Å². The van der Waals surface area contributed by atoms with E-state index in [1.165, 1.54) is 35.5 Å². The van der Waals surface area contributed by atoms with Gasteiger partial charge in [-0.2, -0.15) is 4.31 Å². The number of nitrogens with two attached hydrogens (primary N) is 1. The minimum Gasteiger partial charge on any atom is -0.348 e. The van der Waals surface area contributed by atoms with Gasteiger partial charge in [0.05, 0.1) is 4.90 Å². The maximum Gasteiger partial charge on any atom is 0.251 e. The van der Waals surface area contributed by atoms with Gasteiger partial charge in [0, 0.05) is 51.3 Å². The van der Waals surface area contributed by atoms with Crippen LogP contribution in [-0.2, 0) is 14.8 Å². The molecule has 1 aromatic carbocycles. The molecular weight excluding hydrogens is 404 g/mol. The van der Waals surface area contributed by atoms with E-state index in [0.717, 1.165) is 12.8 Å². The topological polar surface area (TPSA) is 113 Å². The highest BCUT2D eigenvalue weighted by atomic mass is 35.5. The highest BCUT2D eigenvalue weighted by molar-refractivity contribution is 7.89. The van der Waals surface area contributed by atoms with E-state index in [4.69, 9.17) is 5.73 Å². The second-order valence-electron chi connectivity index (χ2n) is 7.09. The van der Waals surface area contributed by atoms with Crippen molar-refractivity contribution in [3.8, 4) is 0 Å². The zero-order valence-corrected chi connectivity index (χ0v) is 17.5. The summed E-state index contributed by atoms with van der Waals surface area (Å²) in [7, 11) is -3.64. The molecule has 2 amide bonds. The number of nitrogens with zero attached hydrogens (tertiary/aromatic N) is 2. The smallest absolute Gasteiger partial charge is 0.251 e. The van der Waals surface area contributed by atoms with Crippen molar-refractivity contribution < 1.29 is 18.0 Å². The zero-order chi connectivity index (χ0) is 19.6. The third-order valence-corrected chi connectivity index (χ3v) is 7.11. The summed E-state index contributed by atoms with van der Waals surface area (Å²) in [6, 6.07) is 5.92. The number of hydrogen-bond donors (Lipinski definition) is 2. The van der Waals surface area contributed by atoms with Gasteiger partial charge in [-0.05, 0) is 43.0 Å². The van der Waals surface area contributed by atoms with Crippen molar-refractivity contribution in [1.29, 1.82) is 0 Å². The number of rotatable bonds is 6. The van der Waals surface area contributed by atoms with E-state index >= 15 is 0 Å². The van der Waals surface area contributed by atoms with Gasteiger partial charge < -0.3 is 16.0 Å². The molecule has 2 aliphatic rings. The molecule has 10 heteroatoms. The fourth-order valence-corrected chi connectivity index (χ4v) is 4.71. The van der Waals surface area contributed by atoms with Gasteiger partial charge in [0.25, 0.3) is 5.91 Å². The SMILES string of the molecule is CC(=O)N1CCN(S(=O)(=O)c2ccc(C(=O)NC(CN)C3CC3)cc2)CC1.Cl. The Morgan fingerprint density at radius 3 is 2.18 bits per heavy atom. The predicted octanol–water partition coefficient (Wildman–Crippen LogP) is 0.428. The highest BCUT2D eigenvalue weighted by Crippen LogP contribution is 2.32. The molecule has 1 saturated carbocycles. The number of halogens is 1. The quantitative estimate of drug-likeness (QED) is 0.679.